The van der Waals surface area contributed by atoms with Crippen LogP contribution in [-0.4, -0.2) is 109 Å². The number of benzene rings is 2. The molecule has 1 aliphatic carbocycles. The minimum absolute atomic E-state index is 0.129. The van der Waals surface area contributed by atoms with Crippen molar-refractivity contribution in [1.29, 1.82) is 0 Å². The molecule has 0 spiro atoms. The van der Waals surface area contributed by atoms with E-state index in [1.807, 2.05) is 0 Å². The third-order valence-corrected chi connectivity index (χ3v) is 9.56. The Balaban J connectivity index is 1.48. The number of carbonyl (C=O) groups excluding carboxylic acids is 1. The second-order valence-electron chi connectivity index (χ2n) is 12.5. The topological polar surface area (TPSA) is 217 Å². The molecule has 7 N–H and O–H groups in total. The van der Waals surface area contributed by atoms with Crippen molar-refractivity contribution in [3.05, 3.63) is 65.5 Å². The molecule has 0 unspecified atom stereocenters. The zero-order valence-electron chi connectivity index (χ0n) is 26.6. The molecule has 2 aliphatic heterocycles. The van der Waals surface area contributed by atoms with Crippen LogP contribution in [0.25, 0.3) is 0 Å². The lowest BCUT2D eigenvalue weighted by Crippen LogP contribution is -2.80. The van der Waals surface area contributed by atoms with Gasteiger partial charge in [-0.3, -0.25) is 9.79 Å². The van der Waals surface area contributed by atoms with Gasteiger partial charge in [0.2, 0.25) is 12.1 Å². The van der Waals surface area contributed by atoms with Gasteiger partial charge in [-0.1, -0.05) is 43.3 Å². The molecule has 3 aliphatic rings. The Bertz CT molecular complexity index is 1490. The van der Waals surface area contributed by atoms with Crippen LogP contribution in [0.3, 0.4) is 0 Å². The number of hydrogen-bond acceptors (Lipinski definition) is 12. The van der Waals surface area contributed by atoms with E-state index in [0.717, 1.165) is 17.0 Å². The van der Waals surface area contributed by atoms with E-state index < -0.39 is 98.7 Å². The van der Waals surface area contributed by atoms with Crippen LogP contribution < -0.4 is 9.84 Å². The predicted octanol–water partition coefficient (Wildman–Crippen LogP) is 1.12. The summed E-state index contributed by atoms with van der Waals surface area (Å²) in [4.78, 5) is 33.1. The molecule has 10 atom stereocenters. The second kappa shape index (κ2) is 14.2. The Morgan fingerprint density at radius 3 is 2.44 bits per heavy atom. The molecule has 2 aromatic rings. The lowest BCUT2D eigenvalue weighted by atomic mass is 9.74. The Morgan fingerprint density at radius 2 is 1.79 bits per heavy atom. The Labute approximate surface area is 276 Å². The highest BCUT2D eigenvalue weighted by molar-refractivity contribution is 7.46. The van der Waals surface area contributed by atoms with Crippen molar-refractivity contribution in [3.8, 4) is 5.75 Å². The predicted molar refractivity (Wildman–Crippen MR) is 163 cm³/mol. The van der Waals surface area contributed by atoms with Gasteiger partial charge in [-0.05, 0) is 43.7 Å². The van der Waals surface area contributed by atoms with Crippen LogP contribution in [-0.2, 0) is 36.7 Å². The maximum atomic E-state index is 14.4. The normalized spacial score (nSPS) is 34.9. The van der Waals surface area contributed by atoms with E-state index in [-0.39, 0.29) is 18.6 Å². The summed E-state index contributed by atoms with van der Waals surface area (Å²) in [6, 6.07) is 11.0. The monoisotopic (exact) mass is 700 g/mol. The standard InChI is InChI=1S/C31H42FN2O13P/c1-4-20-24(35)23(33-3)26-27(25(20)36)45-28-31(39,46-26)30(38,13-17(2)44-28)16-34(29(37)43-15-18-8-6-5-7-9-18)14-19-10-11-21(32)22(12-19)47-48(40,41)42/h5-12,17,20,23-28,33,35-36,38-39H,4,13-16H2,1-3H3,(H2,40,41,42)/t17-,20-,23+,24+,25+,26-,27-,28+,30-,31-/m1/s1. The third-order valence-electron chi connectivity index (χ3n) is 9.13. The van der Waals surface area contributed by atoms with Gasteiger partial charge in [-0.15, -0.1) is 0 Å². The number of carbonyl (C=O) groups is 1. The number of ether oxygens (including phenoxy) is 4. The van der Waals surface area contributed by atoms with Crippen molar-refractivity contribution in [2.45, 2.75) is 94.1 Å². The SMILES string of the molecule is CC[C@@H]1[C@H](O)[C@H](NC)[C@H]2O[C@]3(O)[C@H](O[C@@H]2[C@H]1O)O[C@H](C)C[C@@]3(O)CN(Cc1ccc(F)c(OP(=O)(O)O)c1)C(=O)OCc1ccccc1. The quantitative estimate of drug-likeness (QED) is 0.173. The van der Waals surface area contributed by atoms with E-state index in [9.17, 15) is 44.0 Å². The fourth-order valence-electron chi connectivity index (χ4n) is 6.81. The average molecular weight is 701 g/mol. The molecule has 1 saturated carbocycles. The number of phosphoric acid groups is 1. The van der Waals surface area contributed by atoms with Crippen molar-refractivity contribution in [3.63, 3.8) is 0 Å². The Kier molecular flexibility index (Phi) is 10.8. The average Bonchev–Trinajstić information content (AvgIpc) is 3.01. The largest absolute Gasteiger partial charge is 0.524 e. The van der Waals surface area contributed by atoms with E-state index in [0.29, 0.717) is 12.0 Å². The molecule has 1 amide bonds. The molecule has 3 fully saturated rings. The Morgan fingerprint density at radius 1 is 1.08 bits per heavy atom. The fraction of sp³-hybridized carbons (Fsp3) is 0.581. The van der Waals surface area contributed by atoms with Gasteiger partial charge in [-0.2, -0.15) is 0 Å². The molecule has 0 bridgehead atoms. The van der Waals surface area contributed by atoms with Gasteiger partial charge in [0.15, 0.2) is 11.6 Å². The molecular formula is C31H42FN2O13P. The summed E-state index contributed by atoms with van der Waals surface area (Å²) in [6.07, 6.45) is -7.78. The summed E-state index contributed by atoms with van der Waals surface area (Å²) in [6.45, 7) is 2.16. The molecule has 266 valence electrons. The molecule has 15 nitrogen and oxygen atoms in total. The molecule has 2 saturated heterocycles. The van der Waals surface area contributed by atoms with E-state index in [1.54, 1.807) is 51.2 Å². The first-order valence-electron chi connectivity index (χ1n) is 15.5. The minimum Gasteiger partial charge on any atom is -0.445 e. The summed E-state index contributed by atoms with van der Waals surface area (Å²) in [5.41, 5.74) is -1.55. The lowest BCUT2D eigenvalue weighted by Gasteiger charge is -2.60. The van der Waals surface area contributed by atoms with Crippen LogP contribution in [0, 0.1) is 11.7 Å². The first-order chi connectivity index (χ1) is 22.6. The van der Waals surface area contributed by atoms with Crippen molar-refractivity contribution < 1.29 is 67.4 Å². The number of likely N-dealkylation sites (N-methyl/N-ethyl adjacent to an activating group) is 1. The number of nitrogens with one attached hydrogen (secondary N) is 1. The third kappa shape index (κ3) is 7.39. The summed E-state index contributed by atoms with van der Waals surface area (Å²) in [5.74, 6) is -5.09. The molecule has 5 rings (SSSR count). The number of amides is 1. The van der Waals surface area contributed by atoms with Gasteiger partial charge in [0, 0.05) is 18.9 Å². The van der Waals surface area contributed by atoms with Gasteiger partial charge >= 0.3 is 13.9 Å². The van der Waals surface area contributed by atoms with Crippen molar-refractivity contribution in [1.82, 2.24) is 10.2 Å². The zero-order valence-corrected chi connectivity index (χ0v) is 27.5. The number of fused-ring (bicyclic) bond motifs is 2. The van der Waals surface area contributed by atoms with Gasteiger partial charge in [0.1, 0.15) is 24.4 Å². The van der Waals surface area contributed by atoms with E-state index >= 15 is 0 Å². The lowest BCUT2D eigenvalue weighted by molar-refractivity contribution is -0.484. The molecule has 48 heavy (non-hydrogen) atoms. The van der Waals surface area contributed by atoms with Crippen LogP contribution >= 0.6 is 7.82 Å². The van der Waals surface area contributed by atoms with E-state index in [4.69, 9.17) is 18.9 Å². The van der Waals surface area contributed by atoms with Gasteiger partial charge in [0.05, 0.1) is 30.9 Å². The van der Waals surface area contributed by atoms with Crippen LogP contribution in [0.5, 0.6) is 5.75 Å². The Hall–Kier alpha value is -2.73. The molecule has 2 heterocycles. The van der Waals surface area contributed by atoms with Crippen LogP contribution in [0.4, 0.5) is 9.18 Å². The number of phosphoric ester groups is 1. The van der Waals surface area contributed by atoms with E-state index in [2.05, 4.69) is 9.84 Å². The smallest absolute Gasteiger partial charge is 0.445 e. The minimum atomic E-state index is -5.14. The highest BCUT2D eigenvalue weighted by Crippen LogP contribution is 2.48. The number of aliphatic hydroxyl groups is 4. The second-order valence-corrected chi connectivity index (χ2v) is 13.7. The number of halogens is 1. The van der Waals surface area contributed by atoms with Crippen LogP contribution in [0.15, 0.2) is 48.5 Å². The van der Waals surface area contributed by atoms with Crippen molar-refractivity contribution in [2.75, 3.05) is 13.6 Å². The number of nitrogens with zero attached hydrogens (tertiary/aromatic N) is 1. The van der Waals surface area contributed by atoms with Crippen molar-refractivity contribution >= 4 is 13.9 Å². The maximum Gasteiger partial charge on any atom is 0.524 e. The number of aliphatic hydroxyl groups excluding tert-OH is 2. The van der Waals surface area contributed by atoms with Crippen LogP contribution in [0.2, 0.25) is 0 Å². The maximum absolute atomic E-state index is 14.4. The molecule has 17 heteroatoms. The fourth-order valence-corrected chi connectivity index (χ4v) is 7.20. The van der Waals surface area contributed by atoms with E-state index in [1.165, 1.54) is 6.07 Å². The van der Waals surface area contributed by atoms with Crippen molar-refractivity contribution in [2.24, 2.45) is 5.92 Å². The van der Waals surface area contributed by atoms with Gasteiger partial charge < -0.3 is 54.1 Å². The summed E-state index contributed by atoms with van der Waals surface area (Å²) >= 11 is 0. The highest BCUT2D eigenvalue weighted by Gasteiger charge is 2.69. The van der Waals surface area contributed by atoms with Gasteiger partial charge in [0.25, 0.3) is 0 Å². The summed E-state index contributed by atoms with van der Waals surface area (Å²) in [7, 11) is -3.58. The number of hydrogen-bond donors (Lipinski definition) is 7. The van der Waals surface area contributed by atoms with Gasteiger partial charge in [-0.25, -0.2) is 13.8 Å². The molecule has 2 aromatic carbocycles. The highest BCUT2D eigenvalue weighted by atomic mass is 31.2. The zero-order chi connectivity index (χ0) is 35.0. The number of rotatable bonds is 10. The molecule has 0 radical (unpaired) electrons. The molecular weight excluding hydrogens is 658 g/mol. The van der Waals surface area contributed by atoms with Crippen LogP contribution in [0.1, 0.15) is 37.8 Å². The first kappa shape index (κ1) is 36.5. The molecule has 0 aromatic heterocycles. The summed E-state index contributed by atoms with van der Waals surface area (Å²) in [5, 5.41) is 49.6. The summed E-state index contributed by atoms with van der Waals surface area (Å²) < 4.78 is 54.0. The first-order valence-corrected chi connectivity index (χ1v) is 17.1.